The fourth-order valence-corrected chi connectivity index (χ4v) is 4.36. The standard InChI is InChI=1S/C22H25F3N8O2/c23-22(24,25)21-29-28-17-1-2-18(30-33(17)21)31-7-4-16(5-8-31)20(34)27-14-15-3-6-26-19(13-15)32-9-11-35-12-10-32/h1-3,6,13,16H,4-5,7-12,14H2,(H,27,34). The van der Waals surface area contributed by atoms with E-state index in [1.165, 1.54) is 6.07 Å². The first-order valence-corrected chi connectivity index (χ1v) is 11.5. The van der Waals surface area contributed by atoms with Crippen molar-refractivity contribution in [2.75, 3.05) is 49.2 Å². The number of aromatic nitrogens is 5. The van der Waals surface area contributed by atoms with Crippen molar-refractivity contribution < 1.29 is 22.7 Å². The molecule has 0 spiro atoms. The Morgan fingerprint density at radius 2 is 1.77 bits per heavy atom. The summed E-state index contributed by atoms with van der Waals surface area (Å²) in [5.41, 5.74) is 1.00. The number of hydrogen-bond donors (Lipinski definition) is 1. The molecule has 2 aliphatic rings. The average Bonchev–Trinajstić information content (AvgIpc) is 3.32. The number of piperidine rings is 1. The number of anilines is 2. The topological polar surface area (TPSA) is 101 Å². The van der Waals surface area contributed by atoms with Crippen LogP contribution in [0.2, 0.25) is 0 Å². The van der Waals surface area contributed by atoms with Gasteiger partial charge in [-0.1, -0.05) is 0 Å². The van der Waals surface area contributed by atoms with Crippen LogP contribution in [0, 0.1) is 5.92 Å². The van der Waals surface area contributed by atoms with Gasteiger partial charge < -0.3 is 19.9 Å². The van der Waals surface area contributed by atoms with E-state index < -0.39 is 12.0 Å². The molecule has 3 aromatic rings. The number of nitrogens with zero attached hydrogens (tertiary/aromatic N) is 7. The fraction of sp³-hybridized carbons (Fsp3) is 0.500. The highest BCUT2D eigenvalue weighted by Crippen LogP contribution is 2.28. The van der Waals surface area contributed by atoms with Gasteiger partial charge in [-0.15, -0.1) is 15.3 Å². The van der Waals surface area contributed by atoms with E-state index in [4.69, 9.17) is 4.74 Å². The van der Waals surface area contributed by atoms with Gasteiger partial charge in [-0.25, -0.2) is 4.98 Å². The zero-order valence-electron chi connectivity index (χ0n) is 18.9. The fourth-order valence-electron chi connectivity index (χ4n) is 4.36. The van der Waals surface area contributed by atoms with Gasteiger partial charge in [-0.3, -0.25) is 4.79 Å². The molecule has 1 N–H and O–H groups in total. The number of carbonyl (C=O) groups is 1. The summed E-state index contributed by atoms with van der Waals surface area (Å²) in [5.74, 6) is -0.0858. The Hall–Kier alpha value is -3.48. The first-order valence-electron chi connectivity index (χ1n) is 11.5. The Balaban J connectivity index is 1.16. The van der Waals surface area contributed by atoms with Gasteiger partial charge in [-0.2, -0.15) is 17.7 Å². The summed E-state index contributed by atoms with van der Waals surface area (Å²) < 4.78 is 45.5. The second-order valence-corrected chi connectivity index (χ2v) is 8.58. The lowest BCUT2D eigenvalue weighted by molar-refractivity contribution is -0.146. The predicted molar refractivity (Wildman–Crippen MR) is 120 cm³/mol. The van der Waals surface area contributed by atoms with Gasteiger partial charge in [0.25, 0.3) is 5.82 Å². The Labute approximate surface area is 199 Å². The summed E-state index contributed by atoms with van der Waals surface area (Å²) in [6.45, 7) is 4.36. The first-order chi connectivity index (χ1) is 16.9. The molecule has 13 heteroatoms. The van der Waals surface area contributed by atoms with Crippen LogP contribution >= 0.6 is 0 Å². The van der Waals surface area contributed by atoms with E-state index in [-0.39, 0.29) is 17.5 Å². The van der Waals surface area contributed by atoms with Gasteiger partial charge in [0, 0.05) is 44.8 Å². The number of rotatable bonds is 5. The van der Waals surface area contributed by atoms with Gasteiger partial charge in [0.05, 0.1) is 13.2 Å². The maximum Gasteiger partial charge on any atom is 0.453 e. The zero-order chi connectivity index (χ0) is 24.4. The molecule has 2 fully saturated rings. The molecule has 35 heavy (non-hydrogen) atoms. The van der Waals surface area contributed by atoms with Crippen molar-refractivity contribution in [2.45, 2.75) is 25.6 Å². The number of ether oxygens (including phenoxy) is 1. The average molecular weight is 490 g/mol. The summed E-state index contributed by atoms with van der Waals surface area (Å²) in [7, 11) is 0. The molecule has 186 valence electrons. The van der Waals surface area contributed by atoms with Gasteiger partial charge in [-0.05, 0) is 42.7 Å². The lowest BCUT2D eigenvalue weighted by Gasteiger charge is -2.32. The Morgan fingerprint density at radius 1 is 1.03 bits per heavy atom. The maximum absolute atomic E-state index is 13.1. The third-order valence-corrected chi connectivity index (χ3v) is 6.30. The lowest BCUT2D eigenvalue weighted by atomic mass is 9.96. The van der Waals surface area contributed by atoms with Crippen molar-refractivity contribution >= 4 is 23.2 Å². The smallest absolute Gasteiger partial charge is 0.378 e. The van der Waals surface area contributed by atoms with Crippen LogP contribution in [0.4, 0.5) is 24.8 Å². The molecule has 0 aliphatic carbocycles. The van der Waals surface area contributed by atoms with Crippen molar-refractivity contribution in [3.8, 4) is 0 Å². The number of amides is 1. The quantitative estimate of drug-likeness (QED) is 0.579. The highest BCUT2D eigenvalue weighted by Gasteiger charge is 2.38. The Kier molecular flexibility index (Phi) is 6.41. The van der Waals surface area contributed by atoms with Crippen LogP contribution in [0.1, 0.15) is 24.2 Å². The van der Waals surface area contributed by atoms with Crippen LogP contribution in [0.3, 0.4) is 0 Å². The molecule has 0 unspecified atom stereocenters. The number of alkyl halides is 3. The number of pyridine rings is 1. The van der Waals surface area contributed by atoms with Crippen molar-refractivity contribution in [1.82, 2.24) is 30.1 Å². The van der Waals surface area contributed by atoms with E-state index in [9.17, 15) is 18.0 Å². The first kappa shape index (κ1) is 23.3. The van der Waals surface area contributed by atoms with E-state index in [2.05, 4.69) is 30.5 Å². The molecule has 5 heterocycles. The summed E-state index contributed by atoms with van der Waals surface area (Å²) in [6.07, 6.45) is -1.74. The molecule has 3 aromatic heterocycles. The molecule has 2 aliphatic heterocycles. The summed E-state index contributed by atoms with van der Waals surface area (Å²) in [6, 6.07) is 6.95. The molecule has 0 bridgehead atoms. The number of carbonyl (C=O) groups excluding carboxylic acids is 1. The minimum absolute atomic E-state index is 0.0308. The minimum Gasteiger partial charge on any atom is -0.378 e. The maximum atomic E-state index is 13.1. The SMILES string of the molecule is O=C(NCc1ccnc(N2CCOCC2)c1)C1CCN(c2ccc3nnc(C(F)(F)F)n3n2)CC1. The number of halogens is 3. The predicted octanol–water partition coefficient (Wildman–Crippen LogP) is 1.91. The van der Waals surface area contributed by atoms with E-state index >= 15 is 0 Å². The molecule has 5 rings (SSSR count). The molecular formula is C22H25F3N8O2. The van der Waals surface area contributed by atoms with Crippen LogP contribution in [0.25, 0.3) is 5.65 Å². The lowest BCUT2D eigenvalue weighted by Crippen LogP contribution is -2.41. The third-order valence-electron chi connectivity index (χ3n) is 6.30. The van der Waals surface area contributed by atoms with Crippen molar-refractivity contribution in [3.05, 3.63) is 41.9 Å². The van der Waals surface area contributed by atoms with Gasteiger partial charge in [0.1, 0.15) is 11.6 Å². The van der Waals surface area contributed by atoms with Crippen LogP contribution in [0.15, 0.2) is 30.5 Å². The number of nitrogens with one attached hydrogen (secondary N) is 1. The molecule has 0 aromatic carbocycles. The third kappa shape index (κ3) is 5.14. The molecule has 0 saturated carbocycles. The number of fused-ring (bicyclic) bond motifs is 1. The summed E-state index contributed by atoms with van der Waals surface area (Å²) in [4.78, 5) is 21.2. The second-order valence-electron chi connectivity index (χ2n) is 8.58. The van der Waals surface area contributed by atoms with E-state index in [1.807, 2.05) is 17.0 Å². The molecule has 0 atom stereocenters. The van der Waals surface area contributed by atoms with E-state index in [0.29, 0.717) is 56.0 Å². The highest BCUT2D eigenvalue weighted by molar-refractivity contribution is 5.79. The molecular weight excluding hydrogens is 465 g/mol. The van der Waals surface area contributed by atoms with E-state index in [0.717, 1.165) is 24.5 Å². The number of hydrogen-bond acceptors (Lipinski definition) is 8. The Morgan fingerprint density at radius 3 is 2.51 bits per heavy atom. The van der Waals surface area contributed by atoms with E-state index in [1.54, 1.807) is 12.3 Å². The molecule has 1 amide bonds. The molecule has 10 nitrogen and oxygen atoms in total. The normalized spacial score (nSPS) is 17.7. The van der Waals surface area contributed by atoms with Gasteiger partial charge >= 0.3 is 6.18 Å². The molecule has 2 saturated heterocycles. The zero-order valence-corrected chi connectivity index (χ0v) is 18.9. The highest BCUT2D eigenvalue weighted by atomic mass is 19.4. The second kappa shape index (κ2) is 9.64. The van der Waals surface area contributed by atoms with Crippen LogP contribution < -0.4 is 15.1 Å². The number of morpholine rings is 1. The summed E-state index contributed by atoms with van der Waals surface area (Å²) >= 11 is 0. The minimum atomic E-state index is -4.64. The van der Waals surface area contributed by atoms with Crippen molar-refractivity contribution in [3.63, 3.8) is 0 Å². The van der Waals surface area contributed by atoms with Gasteiger partial charge in [0.15, 0.2) is 5.65 Å². The molecule has 0 radical (unpaired) electrons. The monoisotopic (exact) mass is 490 g/mol. The van der Waals surface area contributed by atoms with Crippen LogP contribution in [-0.2, 0) is 22.3 Å². The van der Waals surface area contributed by atoms with Crippen LogP contribution in [-0.4, -0.2) is 70.1 Å². The van der Waals surface area contributed by atoms with Crippen LogP contribution in [0.5, 0.6) is 0 Å². The Bertz CT molecular complexity index is 1190. The van der Waals surface area contributed by atoms with Gasteiger partial charge in [0.2, 0.25) is 5.91 Å². The summed E-state index contributed by atoms with van der Waals surface area (Å²) in [5, 5.41) is 13.8. The van der Waals surface area contributed by atoms with Crippen molar-refractivity contribution in [2.24, 2.45) is 5.92 Å². The van der Waals surface area contributed by atoms with Crippen molar-refractivity contribution in [1.29, 1.82) is 0 Å². The largest absolute Gasteiger partial charge is 0.453 e.